The van der Waals surface area contributed by atoms with Crippen molar-refractivity contribution >= 4 is 33.2 Å². The molecule has 3 rings (SSSR count). The highest BCUT2D eigenvalue weighted by molar-refractivity contribution is 7.92. The molecule has 0 saturated heterocycles. The first-order valence-corrected chi connectivity index (χ1v) is 11.4. The summed E-state index contributed by atoms with van der Waals surface area (Å²) in [4.78, 5) is 12.8. The molecule has 7 heteroatoms. The van der Waals surface area contributed by atoms with E-state index in [1.165, 1.54) is 35.9 Å². The third-order valence-corrected chi connectivity index (χ3v) is 6.46. The Balaban J connectivity index is 1.72. The molecule has 0 saturated carbocycles. The summed E-state index contributed by atoms with van der Waals surface area (Å²) in [6.45, 7) is 3.99. The molecule has 0 radical (unpaired) electrons. The Labute approximate surface area is 182 Å². The van der Waals surface area contributed by atoms with Gasteiger partial charge in [0.25, 0.3) is 15.9 Å². The lowest BCUT2D eigenvalue weighted by molar-refractivity contribution is 0.0940. The van der Waals surface area contributed by atoms with E-state index in [1.54, 1.807) is 18.2 Å². The minimum absolute atomic E-state index is 0.144. The zero-order chi connectivity index (χ0) is 21.7. The highest BCUT2D eigenvalue weighted by Crippen LogP contribution is 2.24. The van der Waals surface area contributed by atoms with E-state index >= 15 is 0 Å². The molecule has 156 valence electrons. The molecule has 1 atom stereocenters. The van der Waals surface area contributed by atoms with Crippen molar-refractivity contribution in [2.75, 3.05) is 4.72 Å². The number of sulfonamides is 1. The zero-order valence-corrected chi connectivity index (χ0v) is 18.3. The van der Waals surface area contributed by atoms with E-state index in [2.05, 4.69) is 17.0 Å². The Kier molecular flexibility index (Phi) is 6.80. The van der Waals surface area contributed by atoms with Gasteiger partial charge in [-0.05, 0) is 54.8 Å². The molecule has 1 amide bonds. The van der Waals surface area contributed by atoms with Gasteiger partial charge >= 0.3 is 0 Å². The standard InChI is InChI=1S/C23H23ClN2O3S/c1-3-17-9-11-18(12-10-17)16(2)25-23(27)21-14-13-19(15-22(21)24)26-30(28,29)20-7-5-4-6-8-20/h4-16,26H,3H2,1-2H3,(H,25,27). The normalized spacial score (nSPS) is 12.2. The molecule has 0 aromatic heterocycles. The maximum Gasteiger partial charge on any atom is 0.261 e. The Bertz CT molecular complexity index is 1130. The van der Waals surface area contributed by atoms with Crippen LogP contribution in [0.2, 0.25) is 5.02 Å². The van der Waals surface area contributed by atoms with Crippen LogP contribution < -0.4 is 10.0 Å². The molecule has 3 aromatic rings. The molecule has 0 heterocycles. The number of carbonyl (C=O) groups excluding carboxylic acids is 1. The van der Waals surface area contributed by atoms with E-state index in [4.69, 9.17) is 11.6 Å². The average Bonchev–Trinajstić information content (AvgIpc) is 2.74. The fourth-order valence-electron chi connectivity index (χ4n) is 2.98. The van der Waals surface area contributed by atoms with Crippen molar-refractivity contribution in [3.8, 4) is 0 Å². The molecule has 30 heavy (non-hydrogen) atoms. The lowest BCUT2D eigenvalue weighted by Crippen LogP contribution is -2.27. The fraction of sp³-hybridized carbons (Fsp3) is 0.174. The Hall–Kier alpha value is -2.83. The number of hydrogen-bond donors (Lipinski definition) is 2. The maximum atomic E-state index is 12.7. The molecule has 3 aromatic carbocycles. The van der Waals surface area contributed by atoms with Crippen LogP contribution in [0, 0.1) is 0 Å². The Morgan fingerprint density at radius 1 is 1.00 bits per heavy atom. The van der Waals surface area contributed by atoms with Gasteiger partial charge in [0.1, 0.15) is 0 Å². The summed E-state index contributed by atoms with van der Waals surface area (Å²) in [5, 5.41) is 3.08. The van der Waals surface area contributed by atoms with Crippen LogP contribution in [-0.2, 0) is 16.4 Å². The molecule has 0 spiro atoms. The van der Waals surface area contributed by atoms with Gasteiger partial charge in [-0.15, -0.1) is 0 Å². The van der Waals surface area contributed by atoms with Crippen LogP contribution in [0.25, 0.3) is 0 Å². The second kappa shape index (κ2) is 9.32. The molecule has 0 aliphatic carbocycles. The van der Waals surface area contributed by atoms with E-state index in [0.717, 1.165) is 12.0 Å². The Morgan fingerprint density at radius 3 is 2.27 bits per heavy atom. The summed E-state index contributed by atoms with van der Waals surface area (Å²) in [7, 11) is -3.73. The molecule has 0 fully saturated rings. The summed E-state index contributed by atoms with van der Waals surface area (Å²) >= 11 is 6.27. The maximum absolute atomic E-state index is 12.7. The van der Waals surface area contributed by atoms with E-state index in [9.17, 15) is 13.2 Å². The van der Waals surface area contributed by atoms with Gasteiger partial charge in [0.05, 0.1) is 27.2 Å². The molecule has 0 bridgehead atoms. The van der Waals surface area contributed by atoms with Gasteiger partial charge in [-0.2, -0.15) is 0 Å². The van der Waals surface area contributed by atoms with E-state index in [1.807, 2.05) is 31.2 Å². The van der Waals surface area contributed by atoms with Crippen molar-refractivity contribution < 1.29 is 13.2 Å². The molecular formula is C23H23ClN2O3S. The highest BCUT2D eigenvalue weighted by atomic mass is 35.5. The monoisotopic (exact) mass is 442 g/mol. The second-order valence-electron chi connectivity index (χ2n) is 6.90. The minimum atomic E-state index is -3.73. The summed E-state index contributed by atoms with van der Waals surface area (Å²) in [6.07, 6.45) is 0.955. The summed E-state index contributed by atoms with van der Waals surface area (Å²) < 4.78 is 27.4. The number of rotatable bonds is 7. The quantitative estimate of drug-likeness (QED) is 0.528. The predicted octanol–water partition coefficient (Wildman–Crippen LogP) is 5.19. The van der Waals surface area contributed by atoms with Crippen molar-refractivity contribution in [1.82, 2.24) is 5.32 Å². The van der Waals surface area contributed by atoms with Crippen molar-refractivity contribution in [2.45, 2.75) is 31.2 Å². The summed E-state index contributed by atoms with van der Waals surface area (Å²) in [6, 6.07) is 20.3. The topological polar surface area (TPSA) is 75.3 Å². The number of benzene rings is 3. The van der Waals surface area contributed by atoms with Gasteiger partial charge in [-0.3, -0.25) is 9.52 Å². The summed E-state index contributed by atoms with van der Waals surface area (Å²) in [5.41, 5.74) is 2.78. The van der Waals surface area contributed by atoms with Crippen LogP contribution in [-0.4, -0.2) is 14.3 Å². The van der Waals surface area contributed by atoms with Crippen molar-refractivity contribution in [3.05, 3.63) is 94.5 Å². The van der Waals surface area contributed by atoms with Crippen molar-refractivity contribution in [1.29, 1.82) is 0 Å². The van der Waals surface area contributed by atoms with Crippen LogP contribution in [0.1, 0.15) is 41.4 Å². The van der Waals surface area contributed by atoms with Gasteiger partial charge in [0.2, 0.25) is 0 Å². The molecule has 2 N–H and O–H groups in total. The van der Waals surface area contributed by atoms with Crippen LogP contribution in [0.15, 0.2) is 77.7 Å². The smallest absolute Gasteiger partial charge is 0.261 e. The first-order valence-electron chi connectivity index (χ1n) is 9.57. The average molecular weight is 443 g/mol. The number of anilines is 1. The molecule has 5 nitrogen and oxygen atoms in total. The number of halogens is 1. The van der Waals surface area contributed by atoms with Crippen molar-refractivity contribution in [2.24, 2.45) is 0 Å². The fourth-order valence-corrected chi connectivity index (χ4v) is 4.31. The molecule has 0 aliphatic rings. The van der Waals surface area contributed by atoms with Gasteiger partial charge in [0.15, 0.2) is 0 Å². The lowest BCUT2D eigenvalue weighted by atomic mass is 10.0. The van der Waals surface area contributed by atoms with Gasteiger partial charge in [-0.1, -0.05) is 61.0 Å². The van der Waals surface area contributed by atoms with Crippen molar-refractivity contribution in [3.63, 3.8) is 0 Å². The van der Waals surface area contributed by atoms with Crippen LogP contribution in [0.3, 0.4) is 0 Å². The number of amides is 1. The highest BCUT2D eigenvalue weighted by Gasteiger charge is 2.17. The molecule has 1 unspecified atom stereocenters. The molecule has 0 aliphatic heterocycles. The predicted molar refractivity (Wildman–Crippen MR) is 120 cm³/mol. The van der Waals surface area contributed by atoms with E-state index in [0.29, 0.717) is 0 Å². The largest absolute Gasteiger partial charge is 0.345 e. The van der Waals surface area contributed by atoms with Crippen LogP contribution >= 0.6 is 11.6 Å². The van der Waals surface area contributed by atoms with Gasteiger partial charge < -0.3 is 5.32 Å². The zero-order valence-electron chi connectivity index (χ0n) is 16.7. The minimum Gasteiger partial charge on any atom is -0.345 e. The second-order valence-corrected chi connectivity index (χ2v) is 8.99. The van der Waals surface area contributed by atoms with Gasteiger partial charge in [0, 0.05) is 0 Å². The third-order valence-electron chi connectivity index (χ3n) is 4.76. The van der Waals surface area contributed by atoms with E-state index < -0.39 is 10.0 Å². The van der Waals surface area contributed by atoms with E-state index in [-0.39, 0.29) is 33.1 Å². The van der Waals surface area contributed by atoms with Crippen LogP contribution in [0.5, 0.6) is 0 Å². The number of hydrogen-bond acceptors (Lipinski definition) is 3. The SMILES string of the molecule is CCc1ccc(C(C)NC(=O)c2ccc(NS(=O)(=O)c3ccccc3)cc2Cl)cc1. The van der Waals surface area contributed by atoms with Gasteiger partial charge in [-0.25, -0.2) is 8.42 Å². The molecular weight excluding hydrogens is 420 g/mol. The summed E-state index contributed by atoms with van der Waals surface area (Å²) in [5.74, 6) is -0.329. The number of carbonyl (C=O) groups is 1. The number of nitrogens with one attached hydrogen (secondary N) is 2. The Morgan fingerprint density at radius 2 is 1.67 bits per heavy atom. The lowest BCUT2D eigenvalue weighted by Gasteiger charge is -2.16. The number of aryl methyl sites for hydroxylation is 1. The van der Waals surface area contributed by atoms with Crippen LogP contribution in [0.4, 0.5) is 5.69 Å². The first kappa shape index (κ1) is 21.9. The first-order chi connectivity index (χ1) is 14.3. The third kappa shape index (κ3) is 5.20.